The molecule has 12 atom stereocenters. The van der Waals surface area contributed by atoms with Crippen molar-refractivity contribution in [1.29, 1.82) is 0 Å². The first-order chi connectivity index (χ1) is 50.1. The number of aromatic hydroxyl groups is 1. The lowest BCUT2D eigenvalue weighted by molar-refractivity contribution is -0.148. The van der Waals surface area contributed by atoms with Gasteiger partial charge in [-0.15, -0.1) is 0 Å². The average Bonchev–Trinajstić information content (AvgIpc) is 1.66. The highest BCUT2D eigenvalue weighted by atomic mass is 33.1. The molecule has 4 fully saturated rings. The second-order valence-electron chi connectivity index (χ2n) is 25.5. The van der Waals surface area contributed by atoms with Gasteiger partial charge < -0.3 is 94.0 Å². The molecule has 6 heterocycles. The summed E-state index contributed by atoms with van der Waals surface area (Å²) in [5.41, 5.74) is 8.32. The monoisotopic (exact) mass is 1510 g/mol. The molecule has 0 saturated carbocycles. The minimum Gasteiger partial charge on any atom is -0.508 e. The second kappa shape index (κ2) is 38.4. The van der Waals surface area contributed by atoms with E-state index in [4.69, 9.17) is 5.73 Å². The Balaban J connectivity index is 1.14. The van der Waals surface area contributed by atoms with Crippen LogP contribution in [0.2, 0.25) is 0 Å². The fourth-order valence-corrected chi connectivity index (χ4v) is 17.1. The number of nitrogens with zero attached hydrogens (tertiary/aromatic N) is 3. The number of unbranched alkanes of at least 4 members (excludes halogenated alkanes) is 1. The molecule has 3 aromatic carbocycles. The zero-order valence-corrected chi connectivity index (χ0v) is 60.1. The number of H-pyrrole nitrogens is 2. The molecule has 2 aromatic heterocycles. The number of aliphatic hydroxyl groups excluding tert-OH is 1. The van der Waals surface area contributed by atoms with E-state index in [1.165, 1.54) is 46.6 Å². The summed E-state index contributed by atoms with van der Waals surface area (Å²) in [6.45, 7) is 0.283. The maximum atomic E-state index is 15.4. The Kier molecular flexibility index (Phi) is 29.1. The third-order valence-electron chi connectivity index (χ3n) is 18.0. The van der Waals surface area contributed by atoms with Crippen LogP contribution < -0.4 is 58.9 Å². The molecule has 9 rings (SSSR count). The molecule has 558 valence electrons. The number of aromatic amines is 2. The van der Waals surface area contributed by atoms with Crippen LogP contribution >= 0.6 is 43.2 Å². The summed E-state index contributed by atoms with van der Waals surface area (Å²) < 4.78 is 0. The number of phenolic OH excluding ortho intramolecular Hbond substituents is 1. The Morgan fingerprint density at radius 1 is 0.558 bits per heavy atom. The molecule has 2 bridgehead atoms. The van der Waals surface area contributed by atoms with Crippen molar-refractivity contribution in [3.63, 3.8) is 0 Å². The van der Waals surface area contributed by atoms with Crippen LogP contribution in [-0.2, 0) is 88.0 Å². The van der Waals surface area contributed by atoms with Crippen LogP contribution in [0.3, 0.4) is 0 Å². The van der Waals surface area contributed by atoms with Crippen molar-refractivity contribution in [1.82, 2.24) is 77.9 Å². The molecule has 17 N–H and O–H groups in total. The van der Waals surface area contributed by atoms with Gasteiger partial charge in [0.2, 0.25) is 70.9 Å². The van der Waals surface area contributed by atoms with Crippen molar-refractivity contribution >= 4 is 131 Å². The minimum absolute atomic E-state index is 0.00598. The first kappa shape index (κ1) is 78.8. The van der Waals surface area contributed by atoms with Crippen molar-refractivity contribution in [2.24, 2.45) is 5.73 Å². The number of aliphatic hydroxyl groups is 1. The fraction of sp³-hybridized carbons (Fsp3) is 0.471. The van der Waals surface area contributed by atoms with E-state index in [0.717, 1.165) is 43.2 Å². The van der Waals surface area contributed by atoms with Gasteiger partial charge in [0.1, 0.15) is 78.3 Å². The summed E-state index contributed by atoms with van der Waals surface area (Å²) >= 11 is 0. The molecule has 12 amide bonds. The fourth-order valence-electron chi connectivity index (χ4n) is 12.4. The molecule has 4 aliphatic rings. The molecule has 5 aromatic rings. The Bertz CT molecular complexity index is 3880. The van der Waals surface area contributed by atoms with Gasteiger partial charge in [-0.1, -0.05) is 124 Å². The van der Waals surface area contributed by atoms with E-state index in [9.17, 15) is 58.5 Å². The van der Waals surface area contributed by atoms with E-state index in [-0.39, 0.29) is 75.3 Å². The van der Waals surface area contributed by atoms with Crippen molar-refractivity contribution in [2.45, 2.75) is 150 Å². The van der Waals surface area contributed by atoms with Crippen LogP contribution in [0.5, 0.6) is 5.75 Å². The van der Waals surface area contributed by atoms with Gasteiger partial charge in [-0.25, -0.2) is 9.78 Å². The quantitative estimate of drug-likeness (QED) is 0.0543. The number of imidazole rings is 1. The number of amides is 12. The molecule has 0 unspecified atom stereocenters. The maximum Gasteiger partial charge on any atom is 0.327 e. The van der Waals surface area contributed by atoms with Crippen LogP contribution in [0.15, 0.2) is 97.6 Å². The van der Waals surface area contributed by atoms with Crippen LogP contribution in [0.1, 0.15) is 74.3 Å². The number of carboxylic acids is 1. The maximum absolute atomic E-state index is 15.4. The molecular formula is C68H86N16O16S4. The molecule has 0 spiro atoms. The van der Waals surface area contributed by atoms with E-state index in [0.29, 0.717) is 59.0 Å². The number of carbonyl (C=O) groups is 13. The highest BCUT2D eigenvalue weighted by Crippen LogP contribution is 2.29. The number of carboxylic acid groups (broad SMARTS) is 1. The van der Waals surface area contributed by atoms with Gasteiger partial charge in [-0.2, -0.15) is 0 Å². The van der Waals surface area contributed by atoms with Crippen LogP contribution in [0.4, 0.5) is 0 Å². The molecule has 0 aliphatic carbocycles. The summed E-state index contributed by atoms with van der Waals surface area (Å²) in [6.07, 6.45) is 5.36. The number of nitrogens with one attached hydrogen (secondary N) is 12. The van der Waals surface area contributed by atoms with Gasteiger partial charge in [0.05, 0.1) is 19.5 Å². The van der Waals surface area contributed by atoms with E-state index >= 15 is 19.2 Å². The number of nitrogens with two attached hydrogens (primary N) is 1. The average molecular weight is 1510 g/mol. The third kappa shape index (κ3) is 21.6. The number of phenols is 1. The lowest BCUT2D eigenvalue weighted by Gasteiger charge is -2.33. The summed E-state index contributed by atoms with van der Waals surface area (Å²) in [7, 11) is 3.53. The lowest BCUT2D eigenvalue weighted by atomic mass is 10.0. The van der Waals surface area contributed by atoms with Gasteiger partial charge in [-0.05, 0) is 67.0 Å². The van der Waals surface area contributed by atoms with Crippen molar-refractivity contribution in [3.8, 4) is 5.75 Å². The van der Waals surface area contributed by atoms with E-state index in [1.54, 1.807) is 48.7 Å². The van der Waals surface area contributed by atoms with Crippen LogP contribution in [-0.4, -0.2) is 239 Å². The Morgan fingerprint density at radius 2 is 1.10 bits per heavy atom. The van der Waals surface area contributed by atoms with Crippen LogP contribution in [0.25, 0.3) is 10.9 Å². The summed E-state index contributed by atoms with van der Waals surface area (Å²) in [4.78, 5) is 203. The minimum atomic E-state index is -1.82. The Hall–Kier alpha value is -9.36. The third-order valence-corrected chi connectivity index (χ3v) is 22.9. The second-order valence-corrected chi connectivity index (χ2v) is 30.6. The smallest absolute Gasteiger partial charge is 0.327 e. The summed E-state index contributed by atoms with van der Waals surface area (Å²) in [6, 6.07) is 3.35. The molecule has 36 heteroatoms. The molecule has 32 nitrogen and oxygen atoms in total. The number of rotatable bonds is 15. The first-order valence-electron chi connectivity index (χ1n) is 34.1. The number of aliphatic carboxylic acids is 1. The molecule has 4 aliphatic heterocycles. The Morgan fingerprint density at radius 3 is 1.73 bits per heavy atom. The number of carbonyl (C=O) groups excluding carboxylic acids is 12. The molecule has 104 heavy (non-hydrogen) atoms. The summed E-state index contributed by atoms with van der Waals surface area (Å²) in [5, 5.41) is 59.0. The zero-order chi connectivity index (χ0) is 74.4. The SMILES string of the molecule is CCCC[C@@H]1NC(=O)[C@H](Cc2c[nH]c3ccccc23)NC(=O)[C@H](Cc2ccccc2)NC(=O)[C@@H]2CSSC[C@H](NC(=O)CN)C(=O)N[C@@H](CSSC[C@@H](C(=O)O)NC(=O)[C@H](Cc3ccc(O)cc3)NC1=O)C(=O)N[C@@H](CO)C(=O)N[C@@H](Cc1cnc[nH]1)C(=O)N1CCC[C@H]1C(=O)N1CCC[C@H]1C(=O)N2. The van der Waals surface area contributed by atoms with Crippen molar-refractivity contribution in [2.75, 3.05) is 49.3 Å². The lowest BCUT2D eigenvalue weighted by Crippen LogP contribution is -2.61. The molecular weight excluding hydrogens is 1430 g/mol. The largest absolute Gasteiger partial charge is 0.508 e. The highest BCUT2D eigenvalue weighted by Gasteiger charge is 2.45. The number of benzene rings is 3. The van der Waals surface area contributed by atoms with Gasteiger partial charge in [0.15, 0.2) is 0 Å². The number of hydrogen-bond donors (Lipinski definition) is 16. The van der Waals surface area contributed by atoms with Crippen molar-refractivity contribution < 1.29 is 77.6 Å². The number of fused-ring (bicyclic) bond motifs is 11. The number of para-hydroxylation sites is 1. The van der Waals surface area contributed by atoms with E-state index in [2.05, 4.69) is 68.1 Å². The summed E-state index contributed by atoms with van der Waals surface area (Å²) in [5.74, 6) is -13.8. The zero-order valence-electron chi connectivity index (χ0n) is 56.8. The predicted octanol–water partition coefficient (Wildman–Crippen LogP) is -1.29. The van der Waals surface area contributed by atoms with E-state index < -0.39 is 174 Å². The van der Waals surface area contributed by atoms with Gasteiger partial charge in [0.25, 0.3) is 0 Å². The normalized spacial score (nSPS) is 26.1. The van der Waals surface area contributed by atoms with Gasteiger partial charge >= 0.3 is 5.97 Å². The van der Waals surface area contributed by atoms with Crippen molar-refractivity contribution in [3.05, 3.63) is 120 Å². The first-order valence-corrected chi connectivity index (χ1v) is 39.1. The van der Waals surface area contributed by atoms with Gasteiger partial charge in [0, 0.05) is 90.8 Å². The Labute approximate surface area is 613 Å². The number of hydrogen-bond acceptors (Lipinski definition) is 21. The van der Waals surface area contributed by atoms with Crippen LogP contribution in [0, 0.1) is 0 Å². The topological polar surface area (TPSA) is 480 Å². The molecule has 0 radical (unpaired) electrons. The number of aromatic nitrogens is 3. The standard InChI is InChI=1S/C68H86N16O16S4/c1-2-3-14-44-57(88)75-46(25-38-18-20-41(86)21-19-38)59(90)82-53(68(99)100)35-104-103-33-51-64(95)79-49(31-85)61(92)78-48(27-40-30-70-36-72-40)66(97)84-23-10-17-55(84)67(98)83-22-9-16-54(83)65(96)81-52(34-102-101-32-50(62(93)80-51)73-56(87)28-69)63(94)76-45(24-37-11-5-4-6-12-37)58(89)77-47(60(91)74-44)26-39-29-71-43-15-8-7-13-42(39)43/h4-8,11-13,15,18-21,29-30,36,44-55,71,85-86H,2-3,9-10,14,16-17,22-28,31-35,69H2,1H3,(H,70,72)(H,73,87)(H,74,91)(H,75,88)(H,76,94)(H,77,89)(H,78,92)(H,79,95)(H,80,93)(H,81,96)(H,82,90)(H,99,100)/t44-,45-,46-,47-,48-,49-,50-,51-,52-,53-,54-,55-/m0/s1. The predicted molar refractivity (Wildman–Crippen MR) is 388 cm³/mol. The molecule has 4 saturated heterocycles. The highest BCUT2D eigenvalue weighted by molar-refractivity contribution is 8.77. The van der Waals surface area contributed by atoms with Gasteiger partial charge in [-0.3, -0.25) is 57.5 Å². The van der Waals surface area contributed by atoms with E-state index in [1.807, 2.05) is 19.1 Å².